The fourth-order valence-electron chi connectivity index (χ4n) is 5.67. The van der Waals surface area contributed by atoms with Crippen LogP contribution in [-0.2, 0) is 14.8 Å². The van der Waals surface area contributed by atoms with E-state index in [9.17, 15) is 18.3 Å². The summed E-state index contributed by atoms with van der Waals surface area (Å²) in [7, 11) is -3.45. The van der Waals surface area contributed by atoms with Gasteiger partial charge in [-0.1, -0.05) is 32.8 Å². The molecule has 31 heavy (non-hydrogen) atoms. The average molecular weight is 476 g/mol. The van der Waals surface area contributed by atoms with Crippen LogP contribution in [0.15, 0.2) is 12.0 Å². The van der Waals surface area contributed by atoms with E-state index in [1.54, 1.807) is 4.90 Å². The molecule has 6 atom stereocenters. The van der Waals surface area contributed by atoms with E-state index >= 15 is 0 Å². The van der Waals surface area contributed by atoms with Gasteiger partial charge in [-0.2, -0.15) is 0 Å². The van der Waals surface area contributed by atoms with Crippen molar-refractivity contribution in [1.82, 2.24) is 14.9 Å². The Hall–Kier alpha value is -0.670. The zero-order valence-corrected chi connectivity index (χ0v) is 20.1. The molecule has 1 amide bonds. The molecule has 0 aromatic rings. The molecule has 2 saturated carbocycles. The van der Waals surface area contributed by atoms with Crippen LogP contribution in [0.4, 0.5) is 0 Å². The highest BCUT2D eigenvalue weighted by atomic mass is 35.5. The number of nitrogens with one attached hydrogen (secondary N) is 2. The molecule has 0 aromatic heterocycles. The topological polar surface area (TPSA) is 98.7 Å². The predicted octanol–water partition coefficient (Wildman–Crippen LogP) is 2.20. The third kappa shape index (κ3) is 6.67. The average Bonchev–Trinajstić information content (AvgIpc) is 2.74. The number of hydrogen-bond acceptors (Lipinski definition) is 5. The molecule has 0 radical (unpaired) electrons. The van der Waals surface area contributed by atoms with Crippen LogP contribution < -0.4 is 10.0 Å². The summed E-state index contributed by atoms with van der Waals surface area (Å²) in [5.74, 6) is 1.63. The molecule has 3 rings (SSSR count). The lowest BCUT2D eigenvalue weighted by atomic mass is 9.67. The molecule has 3 fully saturated rings. The van der Waals surface area contributed by atoms with Gasteiger partial charge < -0.3 is 15.3 Å². The quantitative estimate of drug-likeness (QED) is 0.490. The van der Waals surface area contributed by atoms with Crippen LogP contribution in [0.5, 0.6) is 0 Å². The van der Waals surface area contributed by atoms with Crippen LogP contribution in [0, 0.1) is 17.8 Å². The Morgan fingerprint density at radius 2 is 1.84 bits per heavy atom. The van der Waals surface area contributed by atoms with Crippen LogP contribution in [0.3, 0.4) is 0 Å². The normalized spacial score (nSPS) is 35.6. The minimum atomic E-state index is -3.45. The van der Waals surface area contributed by atoms with E-state index in [0.29, 0.717) is 50.1 Å². The fourth-order valence-corrected chi connectivity index (χ4v) is 6.94. The third-order valence-corrected chi connectivity index (χ3v) is 9.17. The highest BCUT2D eigenvalue weighted by Gasteiger charge is 2.41. The maximum absolute atomic E-state index is 12.7. The minimum absolute atomic E-state index is 0.00666. The summed E-state index contributed by atoms with van der Waals surface area (Å²) in [5, 5.41) is 14.8. The molecule has 3 aliphatic rings. The van der Waals surface area contributed by atoms with Crippen LogP contribution in [-0.4, -0.2) is 67.5 Å². The van der Waals surface area contributed by atoms with E-state index < -0.39 is 16.1 Å². The summed E-state index contributed by atoms with van der Waals surface area (Å²) in [6.45, 7) is 6.85. The SMILES string of the molecule is C=CS(=O)(=O)NC1CCN(C(=O)CNC2CC(C3CCCCC3C)C(Cl)CC2O)CC1. The van der Waals surface area contributed by atoms with Crippen LogP contribution in [0.1, 0.15) is 58.3 Å². The first-order valence-electron chi connectivity index (χ1n) is 11.7. The number of piperidine rings is 1. The predicted molar refractivity (Wildman–Crippen MR) is 123 cm³/mol. The molecular formula is C22H38ClN3O4S. The second-order valence-electron chi connectivity index (χ2n) is 9.62. The van der Waals surface area contributed by atoms with Gasteiger partial charge in [0.2, 0.25) is 15.9 Å². The molecule has 3 N–H and O–H groups in total. The van der Waals surface area contributed by atoms with Crippen molar-refractivity contribution >= 4 is 27.5 Å². The molecule has 178 valence electrons. The Labute approximate surface area is 192 Å². The molecule has 2 aliphatic carbocycles. The first-order chi connectivity index (χ1) is 14.7. The molecule has 0 aromatic carbocycles. The van der Waals surface area contributed by atoms with Gasteiger partial charge in [0, 0.05) is 36.0 Å². The van der Waals surface area contributed by atoms with Gasteiger partial charge in [0.15, 0.2) is 0 Å². The summed E-state index contributed by atoms with van der Waals surface area (Å²) in [6.07, 6.45) is 7.02. The lowest BCUT2D eigenvalue weighted by molar-refractivity contribution is -0.131. The number of nitrogens with zero attached hydrogens (tertiary/aromatic N) is 1. The largest absolute Gasteiger partial charge is 0.391 e. The van der Waals surface area contributed by atoms with Crippen molar-refractivity contribution in [2.24, 2.45) is 17.8 Å². The second-order valence-corrected chi connectivity index (χ2v) is 11.8. The van der Waals surface area contributed by atoms with Gasteiger partial charge in [-0.25, -0.2) is 13.1 Å². The number of sulfonamides is 1. The van der Waals surface area contributed by atoms with Crippen molar-refractivity contribution in [1.29, 1.82) is 0 Å². The Morgan fingerprint density at radius 1 is 1.16 bits per heavy atom. The molecule has 1 aliphatic heterocycles. The van der Waals surface area contributed by atoms with E-state index in [-0.39, 0.29) is 29.9 Å². The summed E-state index contributed by atoms with van der Waals surface area (Å²) >= 11 is 6.68. The number of carbonyl (C=O) groups is 1. The standard InChI is InChI=1S/C22H38ClN3O4S/c1-3-31(29,30)25-16-8-10-26(11-9-16)22(28)14-24-20-12-18(19(23)13-21(20)27)17-7-5-4-6-15(17)2/h3,15-21,24-25,27H,1,4-14H2,2H3. The number of carbonyl (C=O) groups excluding carboxylic acids is 1. The lowest BCUT2D eigenvalue weighted by Crippen LogP contribution is -2.54. The number of aliphatic hydroxyl groups excluding tert-OH is 1. The summed E-state index contributed by atoms with van der Waals surface area (Å²) in [4.78, 5) is 14.5. The monoisotopic (exact) mass is 475 g/mol. The van der Waals surface area contributed by atoms with E-state index in [1.807, 2.05) is 0 Å². The van der Waals surface area contributed by atoms with Gasteiger partial charge in [0.05, 0.1) is 12.6 Å². The zero-order chi connectivity index (χ0) is 22.6. The second kappa shape index (κ2) is 11.0. The molecular weight excluding hydrogens is 438 g/mol. The molecule has 0 bridgehead atoms. The smallest absolute Gasteiger partial charge is 0.236 e. The van der Waals surface area contributed by atoms with Gasteiger partial charge in [-0.3, -0.25) is 4.79 Å². The Morgan fingerprint density at radius 3 is 2.48 bits per heavy atom. The number of amides is 1. The zero-order valence-electron chi connectivity index (χ0n) is 18.5. The van der Waals surface area contributed by atoms with Gasteiger partial charge in [0.25, 0.3) is 0 Å². The molecule has 1 saturated heterocycles. The van der Waals surface area contributed by atoms with Gasteiger partial charge in [-0.05, 0) is 49.9 Å². The highest BCUT2D eigenvalue weighted by Crippen LogP contribution is 2.43. The van der Waals surface area contributed by atoms with Crippen LogP contribution in [0.25, 0.3) is 0 Å². The first-order valence-corrected chi connectivity index (χ1v) is 13.7. The van der Waals surface area contributed by atoms with Crippen molar-refractivity contribution in [3.8, 4) is 0 Å². The molecule has 1 heterocycles. The van der Waals surface area contributed by atoms with E-state index in [1.165, 1.54) is 25.7 Å². The van der Waals surface area contributed by atoms with E-state index in [2.05, 4.69) is 23.5 Å². The van der Waals surface area contributed by atoms with E-state index in [4.69, 9.17) is 11.6 Å². The number of likely N-dealkylation sites (tertiary alicyclic amines) is 1. The number of halogens is 1. The molecule has 6 unspecified atom stereocenters. The Bertz CT molecular complexity index is 726. The first kappa shape index (κ1) is 25.0. The van der Waals surface area contributed by atoms with Crippen molar-refractivity contribution in [3.63, 3.8) is 0 Å². The molecule has 0 spiro atoms. The van der Waals surface area contributed by atoms with Gasteiger partial charge in [0.1, 0.15) is 0 Å². The van der Waals surface area contributed by atoms with Crippen molar-refractivity contribution in [3.05, 3.63) is 12.0 Å². The number of alkyl halides is 1. The summed E-state index contributed by atoms with van der Waals surface area (Å²) < 4.78 is 25.8. The van der Waals surface area contributed by atoms with Crippen molar-refractivity contribution < 1.29 is 18.3 Å². The highest BCUT2D eigenvalue weighted by molar-refractivity contribution is 7.92. The minimum Gasteiger partial charge on any atom is -0.391 e. The van der Waals surface area contributed by atoms with Gasteiger partial charge >= 0.3 is 0 Å². The molecule has 9 heteroatoms. The maximum atomic E-state index is 12.7. The number of hydrogen-bond donors (Lipinski definition) is 3. The lowest BCUT2D eigenvalue weighted by Gasteiger charge is -2.44. The number of rotatable bonds is 7. The maximum Gasteiger partial charge on any atom is 0.236 e. The third-order valence-electron chi connectivity index (χ3n) is 7.56. The fraction of sp³-hybridized carbons (Fsp3) is 0.864. The Kier molecular flexibility index (Phi) is 8.83. The number of aliphatic hydroxyl groups is 1. The van der Waals surface area contributed by atoms with Crippen molar-refractivity contribution in [2.45, 2.75) is 81.9 Å². The van der Waals surface area contributed by atoms with Crippen LogP contribution >= 0.6 is 11.6 Å². The Balaban J connectivity index is 1.47. The summed E-state index contributed by atoms with van der Waals surface area (Å²) in [6, 6.07) is -0.283. The van der Waals surface area contributed by atoms with Gasteiger partial charge in [-0.15, -0.1) is 11.6 Å². The molecule has 7 nitrogen and oxygen atoms in total. The summed E-state index contributed by atoms with van der Waals surface area (Å²) in [5.41, 5.74) is 0. The van der Waals surface area contributed by atoms with Crippen LogP contribution in [0.2, 0.25) is 0 Å². The van der Waals surface area contributed by atoms with E-state index in [0.717, 1.165) is 11.8 Å². The van der Waals surface area contributed by atoms with Crippen molar-refractivity contribution in [2.75, 3.05) is 19.6 Å².